The molecule has 4 heteroatoms. The van der Waals surface area contributed by atoms with E-state index in [0.29, 0.717) is 5.69 Å². The Labute approximate surface area is 98.7 Å². The zero-order valence-electron chi connectivity index (χ0n) is 9.46. The number of hydrogen-bond acceptors (Lipinski definition) is 3. The van der Waals surface area contributed by atoms with Gasteiger partial charge in [0.2, 0.25) is 0 Å². The molecular formula is C13H12N4. The lowest BCUT2D eigenvalue weighted by atomic mass is 10.1. The van der Waals surface area contributed by atoms with Crippen molar-refractivity contribution in [1.82, 2.24) is 14.8 Å². The normalized spacial score (nSPS) is 10.9. The van der Waals surface area contributed by atoms with Gasteiger partial charge in [-0.3, -0.25) is 4.68 Å². The van der Waals surface area contributed by atoms with E-state index >= 15 is 0 Å². The lowest BCUT2D eigenvalue weighted by molar-refractivity contribution is 0.768. The monoisotopic (exact) mass is 224 g/mol. The number of nitrogen functional groups attached to an aromatic ring is 1. The Bertz CT molecular complexity index is 685. The molecule has 1 aromatic carbocycles. The van der Waals surface area contributed by atoms with Crippen molar-refractivity contribution < 1.29 is 0 Å². The molecule has 0 bridgehead atoms. The van der Waals surface area contributed by atoms with E-state index in [2.05, 4.69) is 10.1 Å². The molecule has 17 heavy (non-hydrogen) atoms. The van der Waals surface area contributed by atoms with Crippen molar-refractivity contribution in [3.05, 3.63) is 42.7 Å². The van der Waals surface area contributed by atoms with Gasteiger partial charge in [0.1, 0.15) is 0 Å². The summed E-state index contributed by atoms with van der Waals surface area (Å²) in [7, 11) is 1.88. The van der Waals surface area contributed by atoms with Gasteiger partial charge in [0.15, 0.2) is 0 Å². The average Bonchev–Trinajstić information content (AvgIpc) is 2.75. The smallest absolute Gasteiger partial charge is 0.0970 e. The maximum atomic E-state index is 6.03. The highest BCUT2D eigenvalue weighted by Gasteiger charge is 2.08. The highest BCUT2D eigenvalue weighted by molar-refractivity contribution is 5.87. The van der Waals surface area contributed by atoms with E-state index in [9.17, 15) is 0 Å². The van der Waals surface area contributed by atoms with Gasteiger partial charge in [-0.1, -0.05) is 18.2 Å². The minimum absolute atomic E-state index is 0.678. The number of rotatable bonds is 1. The number of anilines is 1. The SMILES string of the molecule is Cn1cc(-c2nc3ccccc3cc2N)cn1. The van der Waals surface area contributed by atoms with E-state index in [0.717, 1.165) is 22.2 Å². The summed E-state index contributed by atoms with van der Waals surface area (Å²) >= 11 is 0. The van der Waals surface area contributed by atoms with Crippen LogP contribution in [-0.4, -0.2) is 14.8 Å². The van der Waals surface area contributed by atoms with Crippen molar-refractivity contribution in [2.45, 2.75) is 0 Å². The van der Waals surface area contributed by atoms with Gasteiger partial charge in [-0.05, 0) is 12.1 Å². The van der Waals surface area contributed by atoms with Gasteiger partial charge >= 0.3 is 0 Å². The summed E-state index contributed by atoms with van der Waals surface area (Å²) in [6.45, 7) is 0. The molecule has 0 spiro atoms. The first-order valence-electron chi connectivity index (χ1n) is 5.38. The van der Waals surface area contributed by atoms with Crippen LogP contribution in [0.3, 0.4) is 0 Å². The molecule has 2 aromatic heterocycles. The van der Waals surface area contributed by atoms with Gasteiger partial charge in [-0.15, -0.1) is 0 Å². The predicted octanol–water partition coefficient (Wildman–Crippen LogP) is 2.22. The van der Waals surface area contributed by atoms with Gasteiger partial charge < -0.3 is 5.73 Å². The molecule has 0 aliphatic heterocycles. The van der Waals surface area contributed by atoms with Gasteiger partial charge in [0.25, 0.3) is 0 Å². The third kappa shape index (κ3) is 1.63. The van der Waals surface area contributed by atoms with E-state index in [1.165, 1.54) is 0 Å². The highest BCUT2D eigenvalue weighted by Crippen LogP contribution is 2.26. The van der Waals surface area contributed by atoms with Crippen LogP contribution in [0.25, 0.3) is 22.2 Å². The Morgan fingerprint density at radius 3 is 2.82 bits per heavy atom. The van der Waals surface area contributed by atoms with E-state index in [4.69, 9.17) is 5.73 Å². The molecule has 0 aliphatic carbocycles. The lowest BCUT2D eigenvalue weighted by Crippen LogP contribution is -1.93. The van der Waals surface area contributed by atoms with Crippen LogP contribution in [0.4, 0.5) is 5.69 Å². The fourth-order valence-corrected chi connectivity index (χ4v) is 1.91. The van der Waals surface area contributed by atoms with Crippen LogP contribution in [0.5, 0.6) is 0 Å². The lowest BCUT2D eigenvalue weighted by Gasteiger charge is -2.04. The molecule has 84 valence electrons. The molecule has 0 amide bonds. The van der Waals surface area contributed by atoms with Gasteiger partial charge in [0, 0.05) is 24.2 Å². The molecule has 0 aliphatic rings. The van der Waals surface area contributed by atoms with Crippen LogP contribution >= 0.6 is 0 Å². The number of para-hydroxylation sites is 1. The van der Waals surface area contributed by atoms with Crippen molar-refractivity contribution in [3.8, 4) is 11.3 Å². The second-order valence-electron chi connectivity index (χ2n) is 4.02. The molecule has 3 rings (SSSR count). The summed E-state index contributed by atoms with van der Waals surface area (Å²) in [5.74, 6) is 0. The number of aromatic nitrogens is 3. The summed E-state index contributed by atoms with van der Waals surface area (Å²) < 4.78 is 1.74. The van der Waals surface area contributed by atoms with Crippen molar-refractivity contribution in [1.29, 1.82) is 0 Å². The van der Waals surface area contributed by atoms with Crippen LogP contribution in [-0.2, 0) is 7.05 Å². The topological polar surface area (TPSA) is 56.7 Å². The second-order valence-corrected chi connectivity index (χ2v) is 4.02. The summed E-state index contributed by atoms with van der Waals surface area (Å²) in [6, 6.07) is 9.89. The fraction of sp³-hybridized carbons (Fsp3) is 0.0769. The Balaban J connectivity index is 2.26. The zero-order valence-corrected chi connectivity index (χ0v) is 9.46. The largest absolute Gasteiger partial charge is 0.397 e. The summed E-state index contributed by atoms with van der Waals surface area (Å²) in [5, 5.41) is 5.19. The predicted molar refractivity (Wildman–Crippen MR) is 68.4 cm³/mol. The third-order valence-corrected chi connectivity index (χ3v) is 2.73. The molecular weight excluding hydrogens is 212 g/mol. The summed E-state index contributed by atoms with van der Waals surface area (Å²) in [4.78, 5) is 4.58. The minimum Gasteiger partial charge on any atom is -0.397 e. The molecule has 0 atom stereocenters. The van der Waals surface area contributed by atoms with E-state index in [1.54, 1.807) is 10.9 Å². The van der Waals surface area contributed by atoms with Gasteiger partial charge in [0.05, 0.1) is 23.1 Å². The quantitative estimate of drug-likeness (QED) is 0.689. The number of benzene rings is 1. The average molecular weight is 224 g/mol. The molecule has 0 saturated heterocycles. The minimum atomic E-state index is 0.678. The zero-order chi connectivity index (χ0) is 11.8. The number of aryl methyl sites for hydroxylation is 1. The third-order valence-electron chi connectivity index (χ3n) is 2.73. The molecule has 3 aromatic rings. The van der Waals surface area contributed by atoms with Crippen LogP contribution in [0.1, 0.15) is 0 Å². The maximum Gasteiger partial charge on any atom is 0.0970 e. The Morgan fingerprint density at radius 2 is 2.06 bits per heavy atom. The van der Waals surface area contributed by atoms with Crippen molar-refractivity contribution in [2.24, 2.45) is 7.05 Å². The fourth-order valence-electron chi connectivity index (χ4n) is 1.91. The first-order chi connectivity index (χ1) is 8.24. The van der Waals surface area contributed by atoms with E-state index in [1.807, 2.05) is 43.6 Å². The molecule has 0 unspecified atom stereocenters. The Kier molecular flexibility index (Phi) is 2.08. The molecule has 0 radical (unpaired) electrons. The maximum absolute atomic E-state index is 6.03. The summed E-state index contributed by atoms with van der Waals surface area (Å²) in [6.07, 6.45) is 3.68. The second kappa shape index (κ2) is 3.59. The van der Waals surface area contributed by atoms with Crippen LogP contribution < -0.4 is 5.73 Å². The number of pyridine rings is 1. The van der Waals surface area contributed by atoms with Gasteiger partial charge in [-0.25, -0.2) is 4.98 Å². The number of nitrogens with zero attached hydrogens (tertiary/aromatic N) is 3. The van der Waals surface area contributed by atoms with Gasteiger partial charge in [-0.2, -0.15) is 5.10 Å². The molecule has 0 fully saturated rings. The standard InChI is InChI=1S/C13H12N4/c1-17-8-10(7-15-17)13-11(14)6-9-4-2-3-5-12(9)16-13/h2-8H,14H2,1H3. The number of fused-ring (bicyclic) bond motifs is 1. The molecule has 0 saturated carbocycles. The van der Waals surface area contributed by atoms with Crippen LogP contribution in [0.2, 0.25) is 0 Å². The van der Waals surface area contributed by atoms with Crippen LogP contribution in [0.15, 0.2) is 42.7 Å². The Hall–Kier alpha value is -2.36. The van der Waals surface area contributed by atoms with Crippen molar-refractivity contribution >= 4 is 16.6 Å². The van der Waals surface area contributed by atoms with Crippen LogP contribution in [0, 0.1) is 0 Å². The van der Waals surface area contributed by atoms with E-state index < -0.39 is 0 Å². The molecule has 4 nitrogen and oxygen atoms in total. The molecule has 2 heterocycles. The van der Waals surface area contributed by atoms with Crippen molar-refractivity contribution in [2.75, 3.05) is 5.73 Å². The number of nitrogens with two attached hydrogens (primary N) is 1. The van der Waals surface area contributed by atoms with Crippen molar-refractivity contribution in [3.63, 3.8) is 0 Å². The molecule has 2 N–H and O–H groups in total. The van der Waals surface area contributed by atoms with E-state index in [-0.39, 0.29) is 0 Å². The summed E-state index contributed by atoms with van der Waals surface area (Å²) in [5.41, 5.74) is 9.38. The highest BCUT2D eigenvalue weighted by atomic mass is 15.2. The first-order valence-corrected chi connectivity index (χ1v) is 5.38. The number of hydrogen-bond donors (Lipinski definition) is 1. The first kappa shape index (κ1) is 9.84. The Morgan fingerprint density at radius 1 is 1.24 bits per heavy atom.